The van der Waals surface area contributed by atoms with Crippen molar-refractivity contribution in [2.45, 2.75) is 12.2 Å². The Hall–Kier alpha value is -0.940. The summed E-state index contributed by atoms with van der Waals surface area (Å²) in [5.41, 5.74) is 5.44. The lowest BCUT2D eigenvalue weighted by Crippen LogP contribution is -2.13. The van der Waals surface area contributed by atoms with Gasteiger partial charge in [0.15, 0.2) is 9.84 Å². The van der Waals surface area contributed by atoms with Gasteiger partial charge in [-0.15, -0.1) is 0 Å². The van der Waals surface area contributed by atoms with Gasteiger partial charge in [-0.1, -0.05) is 18.2 Å². The molecule has 0 heterocycles. The lowest BCUT2D eigenvalue weighted by Gasteiger charge is -2.04. The van der Waals surface area contributed by atoms with Crippen molar-refractivity contribution in [3.05, 3.63) is 35.6 Å². The maximum atomic E-state index is 13.2. The summed E-state index contributed by atoms with van der Waals surface area (Å²) < 4.78 is 36.1. The molecule has 0 amide bonds. The van der Waals surface area contributed by atoms with Gasteiger partial charge in [-0.3, -0.25) is 0 Å². The Bertz CT molecular complexity index is 417. The van der Waals surface area contributed by atoms with Crippen molar-refractivity contribution < 1.29 is 12.8 Å². The molecule has 1 aromatic rings. The molecule has 2 N–H and O–H groups in total. The van der Waals surface area contributed by atoms with Crippen LogP contribution < -0.4 is 5.73 Å². The Kier molecular flexibility index (Phi) is 4.23. The van der Waals surface area contributed by atoms with E-state index in [9.17, 15) is 12.8 Å². The smallest absolute Gasteiger partial charge is 0.154 e. The number of rotatable bonds is 5. The average Bonchev–Trinajstić information content (AvgIpc) is 2.18. The molecule has 0 unspecified atom stereocenters. The van der Waals surface area contributed by atoms with Crippen molar-refractivity contribution in [2.75, 3.05) is 12.3 Å². The molecule has 0 atom stereocenters. The molecule has 0 radical (unpaired) electrons. The summed E-state index contributed by atoms with van der Waals surface area (Å²) in [7, 11) is -3.24. The number of hydrogen-bond acceptors (Lipinski definition) is 3. The highest BCUT2D eigenvalue weighted by Gasteiger charge is 2.13. The van der Waals surface area contributed by atoms with E-state index >= 15 is 0 Å². The van der Waals surface area contributed by atoms with Gasteiger partial charge in [0, 0.05) is 5.56 Å². The van der Waals surface area contributed by atoms with Crippen molar-refractivity contribution in [1.29, 1.82) is 0 Å². The third kappa shape index (κ3) is 3.97. The molecule has 0 spiro atoms. The van der Waals surface area contributed by atoms with Gasteiger partial charge in [0.05, 0.1) is 11.5 Å². The van der Waals surface area contributed by atoms with E-state index in [0.717, 1.165) is 0 Å². The van der Waals surface area contributed by atoms with Crippen LogP contribution in [0.15, 0.2) is 24.3 Å². The Labute approximate surface area is 89.0 Å². The van der Waals surface area contributed by atoms with Crippen LogP contribution in [0, 0.1) is 5.82 Å². The molecule has 15 heavy (non-hydrogen) atoms. The van der Waals surface area contributed by atoms with Crippen molar-refractivity contribution in [3.63, 3.8) is 0 Å². The van der Waals surface area contributed by atoms with Crippen LogP contribution in [0.1, 0.15) is 12.0 Å². The largest absolute Gasteiger partial charge is 0.330 e. The molecule has 84 valence electrons. The molecule has 0 saturated heterocycles. The first kappa shape index (κ1) is 12.1. The van der Waals surface area contributed by atoms with E-state index < -0.39 is 15.7 Å². The topological polar surface area (TPSA) is 60.2 Å². The molecule has 1 aromatic carbocycles. The molecule has 3 nitrogen and oxygen atoms in total. The minimum Gasteiger partial charge on any atom is -0.330 e. The summed E-state index contributed by atoms with van der Waals surface area (Å²) in [6.45, 7) is 0.330. The average molecular weight is 231 g/mol. The molecule has 1 rings (SSSR count). The number of sulfone groups is 1. The fourth-order valence-corrected chi connectivity index (χ4v) is 2.69. The molecular weight excluding hydrogens is 217 g/mol. The molecule has 0 aliphatic heterocycles. The van der Waals surface area contributed by atoms with Crippen LogP contribution >= 0.6 is 0 Å². The van der Waals surface area contributed by atoms with Crippen LogP contribution in [-0.2, 0) is 15.6 Å². The molecule has 0 fully saturated rings. The SMILES string of the molecule is NCCCS(=O)(=O)Cc1ccccc1F. The highest BCUT2D eigenvalue weighted by atomic mass is 32.2. The molecular formula is C10H14FNO2S. The third-order valence-corrected chi connectivity index (χ3v) is 3.65. The lowest BCUT2D eigenvalue weighted by molar-refractivity contribution is 0.585. The minimum absolute atomic E-state index is 0.0117. The van der Waals surface area contributed by atoms with Crippen molar-refractivity contribution in [3.8, 4) is 0 Å². The molecule has 0 saturated carbocycles. The molecule has 0 aromatic heterocycles. The summed E-state index contributed by atoms with van der Waals surface area (Å²) in [6.07, 6.45) is 0.413. The fourth-order valence-electron chi connectivity index (χ4n) is 1.23. The molecule has 5 heteroatoms. The number of benzene rings is 1. The number of halogens is 1. The normalized spacial score (nSPS) is 11.6. The predicted octanol–water partition coefficient (Wildman–Crippen LogP) is 1.09. The Morgan fingerprint density at radius 2 is 1.93 bits per heavy atom. The van der Waals surface area contributed by atoms with Crippen LogP contribution in [0.4, 0.5) is 4.39 Å². The summed E-state index contributed by atoms with van der Waals surface area (Å²) in [5, 5.41) is 0. The molecule has 0 aliphatic rings. The van der Waals surface area contributed by atoms with E-state index in [1.165, 1.54) is 18.2 Å². The van der Waals surface area contributed by atoms with Crippen LogP contribution in [0.25, 0.3) is 0 Å². The van der Waals surface area contributed by atoms with Gasteiger partial charge >= 0.3 is 0 Å². The van der Waals surface area contributed by atoms with E-state index in [2.05, 4.69) is 0 Å². The number of nitrogens with two attached hydrogens (primary N) is 1. The van der Waals surface area contributed by atoms with Gasteiger partial charge in [0.1, 0.15) is 5.82 Å². The van der Waals surface area contributed by atoms with Crippen LogP contribution in [0.5, 0.6) is 0 Å². The second-order valence-corrected chi connectivity index (χ2v) is 5.51. The summed E-state index contributed by atoms with van der Waals surface area (Å²) in [6, 6.07) is 5.89. The summed E-state index contributed by atoms with van der Waals surface area (Å²) in [4.78, 5) is 0. The first-order valence-electron chi connectivity index (χ1n) is 4.69. The maximum absolute atomic E-state index is 13.2. The zero-order chi connectivity index (χ0) is 11.3. The lowest BCUT2D eigenvalue weighted by atomic mass is 10.2. The van der Waals surface area contributed by atoms with Gasteiger partial charge in [0.2, 0.25) is 0 Å². The van der Waals surface area contributed by atoms with E-state index in [-0.39, 0.29) is 17.1 Å². The van der Waals surface area contributed by atoms with Crippen LogP contribution in [-0.4, -0.2) is 20.7 Å². The van der Waals surface area contributed by atoms with Crippen molar-refractivity contribution >= 4 is 9.84 Å². The number of hydrogen-bond donors (Lipinski definition) is 1. The highest BCUT2D eigenvalue weighted by Crippen LogP contribution is 2.11. The first-order chi connectivity index (χ1) is 7.05. The maximum Gasteiger partial charge on any atom is 0.154 e. The monoisotopic (exact) mass is 231 g/mol. The summed E-state index contributed by atoms with van der Waals surface area (Å²) in [5.74, 6) is -0.717. The first-order valence-corrected chi connectivity index (χ1v) is 6.51. The van der Waals surface area contributed by atoms with Gasteiger partial charge in [-0.05, 0) is 19.0 Å². The van der Waals surface area contributed by atoms with Crippen LogP contribution in [0.2, 0.25) is 0 Å². The molecule has 0 bridgehead atoms. The zero-order valence-electron chi connectivity index (χ0n) is 8.32. The molecule has 0 aliphatic carbocycles. The second kappa shape index (κ2) is 5.23. The summed E-state index contributed by atoms with van der Waals surface area (Å²) >= 11 is 0. The highest BCUT2D eigenvalue weighted by molar-refractivity contribution is 7.90. The van der Waals surface area contributed by atoms with E-state index in [4.69, 9.17) is 5.73 Å². The van der Waals surface area contributed by atoms with Gasteiger partial charge in [-0.2, -0.15) is 0 Å². The Morgan fingerprint density at radius 3 is 2.53 bits per heavy atom. The standard InChI is InChI=1S/C10H14FNO2S/c11-10-5-2-1-4-9(10)8-15(13,14)7-3-6-12/h1-2,4-5H,3,6-8,12H2. The minimum atomic E-state index is -3.24. The van der Waals surface area contributed by atoms with E-state index in [1.807, 2.05) is 0 Å². The predicted molar refractivity (Wildman–Crippen MR) is 57.6 cm³/mol. The quantitative estimate of drug-likeness (QED) is 0.825. The second-order valence-electron chi connectivity index (χ2n) is 3.33. The van der Waals surface area contributed by atoms with Gasteiger partial charge in [0.25, 0.3) is 0 Å². The van der Waals surface area contributed by atoms with Gasteiger partial charge in [-0.25, -0.2) is 12.8 Å². The fraction of sp³-hybridized carbons (Fsp3) is 0.400. The Morgan fingerprint density at radius 1 is 1.27 bits per heavy atom. The third-order valence-electron chi connectivity index (χ3n) is 1.99. The van der Waals surface area contributed by atoms with Gasteiger partial charge < -0.3 is 5.73 Å². The van der Waals surface area contributed by atoms with E-state index in [0.29, 0.717) is 13.0 Å². The Balaban J connectivity index is 2.74. The van der Waals surface area contributed by atoms with Crippen LogP contribution in [0.3, 0.4) is 0 Å². The zero-order valence-corrected chi connectivity index (χ0v) is 9.13. The van der Waals surface area contributed by atoms with E-state index in [1.54, 1.807) is 6.07 Å². The van der Waals surface area contributed by atoms with Crippen molar-refractivity contribution in [2.24, 2.45) is 5.73 Å². The van der Waals surface area contributed by atoms with Crippen molar-refractivity contribution in [1.82, 2.24) is 0 Å².